The predicted octanol–water partition coefficient (Wildman–Crippen LogP) is 3.36. The molecule has 31 heavy (non-hydrogen) atoms. The quantitative estimate of drug-likeness (QED) is 0.660. The second kappa shape index (κ2) is 9.25. The number of hydrogen-bond donors (Lipinski definition) is 3. The topological polar surface area (TPSA) is 56.8 Å². The Balaban J connectivity index is 1.42. The maximum absolute atomic E-state index is 14.2. The number of methoxy groups -OCH3 is 1. The molecule has 2 saturated heterocycles. The largest absolute Gasteiger partial charge is 0.496 e. The van der Waals surface area contributed by atoms with Crippen molar-refractivity contribution in [3.05, 3.63) is 65.0 Å². The van der Waals surface area contributed by atoms with Crippen molar-refractivity contribution in [2.75, 3.05) is 20.2 Å². The van der Waals surface area contributed by atoms with Crippen LogP contribution < -0.4 is 15.6 Å². The molecule has 168 valence electrons. The fraction of sp³-hybridized carbons (Fsp3) is 0.520. The molecule has 2 unspecified atom stereocenters. The van der Waals surface area contributed by atoms with Gasteiger partial charge in [0.05, 0.1) is 12.7 Å². The first-order valence-electron chi connectivity index (χ1n) is 11.3. The summed E-state index contributed by atoms with van der Waals surface area (Å²) in [6.45, 7) is 6.70. The average Bonchev–Trinajstić information content (AvgIpc) is 3.08. The van der Waals surface area contributed by atoms with Gasteiger partial charge in [-0.05, 0) is 62.3 Å². The van der Waals surface area contributed by atoms with E-state index < -0.39 is 5.60 Å². The second-order valence-electron chi connectivity index (χ2n) is 9.17. The summed E-state index contributed by atoms with van der Waals surface area (Å²) in [5.74, 6) is 1.11. The molecule has 0 bridgehead atoms. The Hall–Kier alpha value is -1.99. The minimum atomic E-state index is -1.08. The molecule has 0 amide bonds. The minimum absolute atomic E-state index is 0.322. The monoisotopic (exact) mass is 427 g/mol. The van der Waals surface area contributed by atoms with E-state index in [0.29, 0.717) is 36.4 Å². The maximum Gasteiger partial charge on any atom is 0.129 e. The van der Waals surface area contributed by atoms with Crippen molar-refractivity contribution in [1.82, 2.24) is 15.8 Å². The molecule has 0 aliphatic carbocycles. The van der Waals surface area contributed by atoms with Crippen LogP contribution in [0.2, 0.25) is 0 Å². The van der Waals surface area contributed by atoms with Crippen LogP contribution in [0.15, 0.2) is 42.5 Å². The molecule has 0 spiro atoms. The molecule has 2 aliphatic rings. The normalized spacial score (nSPS) is 26.2. The number of nitrogens with zero attached hydrogens (tertiary/aromatic N) is 1. The number of hydrogen-bond acceptors (Lipinski definition) is 5. The third-order valence-corrected chi connectivity index (χ3v) is 7.09. The van der Waals surface area contributed by atoms with Crippen LogP contribution in [0, 0.1) is 11.7 Å². The summed E-state index contributed by atoms with van der Waals surface area (Å²) in [6, 6.07) is 13.8. The summed E-state index contributed by atoms with van der Waals surface area (Å²) in [7, 11) is 1.73. The van der Waals surface area contributed by atoms with E-state index in [4.69, 9.17) is 4.74 Å². The van der Waals surface area contributed by atoms with Crippen molar-refractivity contribution in [2.24, 2.45) is 5.92 Å². The molecule has 2 heterocycles. The predicted molar refractivity (Wildman–Crippen MR) is 120 cm³/mol. The van der Waals surface area contributed by atoms with Gasteiger partial charge in [0.1, 0.15) is 11.6 Å². The zero-order valence-corrected chi connectivity index (χ0v) is 18.7. The van der Waals surface area contributed by atoms with Crippen molar-refractivity contribution >= 4 is 0 Å². The van der Waals surface area contributed by atoms with Gasteiger partial charge in [0.25, 0.3) is 0 Å². The van der Waals surface area contributed by atoms with E-state index >= 15 is 0 Å². The van der Waals surface area contributed by atoms with E-state index in [-0.39, 0.29) is 5.82 Å². The van der Waals surface area contributed by atoms with Crippen LogP contribution >= 0.6 is 0 Å². The van der Waals surface area contributed by atoms with Crippen LogP contribution in [0.4, 0.5) is 4.39 Å². The summed E-state index contributed by atoms with van der Waals surface area (Å²) >= 11 is 0. The van der Waals surface area contributed by atoms with E-state index in [0.717, 1.165) is 31.8 Å². The van der Waals surface area contributed by atoms with Gasteiger partial charge in [-0.1, -0.05) is 30.3 Å². The SMILES string of the molecule is COc1ccc(CN2CCC(O)(c3ccccc3F)CC2)cc1CC1C(C)NNC1C. The summed E-state index contributed by atoms with van der Waals surface area (Å²) in [4.78, 5) is 2.34. The van der Waals surface area contributed by atoms with E-state index in [1.54, 1.807) is 25.3 Å². The van der Waals surface area contributed by atoms with Gasteiger partial charge >= 0.3 is 0 Å². The van der Waals surface area contributed by atoms with Crippen LogP contribution in [0.5, 0.6) is 5.75 Å². The lowest BCUT2D eigenvalue weighted by Crippen LogP contribution is -2.42. The molecule has 4 rings (SSSR count). The van der Waals surface area contributed by atoms with E-state index in [1.165, 1.54) is 17.2 Å². The molecule has 2 aliphatic heterocycles. The summed E-state index contributed by atoms with van der Waals surface area (Å²) < 4.78 is 19.8. The second-order valence-corrected chi connectivity index (χ2v) is 9.17. The highest BCUT2D eigenvalue weighted by Gasteiger charge is 2.36. The maximum atomic E-state index is 14.2. The highest BCUT2D eigenvalue weighted by atomic mass is 19.1. The lowest BCUT2D eigenvalue weighted by molar-refractivity contribution is -0.0302. The van der Waals surface area contributed by atoms with Crippen molar-refractivity contribution in [1.29, 1.82) is 0 Å². The van der Waals surface area contributed by atoms with Gasteiger partial charge in [0.15, 0.2) is 0 Å². The zero-order chi connectivity index (χ0) is 22.0. The Morgan fingerprint density at radius 2 is 1.77 bits per heavy atom. The van der Waals surface area contributed by atoms with Gasteiger partial charge in [-0.3, -0.25) is 15.8 Å². The van der Waals surface area contributed by atoms with Gasteiger partial charge in [-0.2, -0.15) is 0 Å². The molecule has 0 saturated carbocycles. The lowest BCUT2D eigenvalue weighted by atomic mass is 9.84. The third-order valence-electron chi connectivity index (χ3n) is 7.09. The molecule has 0 radical (unpaired) electrons. The van der Waals surface area contributed by atoms with Crippen molar-refractivity contribution in [3.63, 3.8) is 0 Å². The molecule has 5 nitrogen and oxygen atoms in total. The van der Waals surface area contributed by atoms with Gasteiger partial charge in [-0.15, -0.1) is 0 Å². The zero-order valence-electron chi connectivity index (χ0n) is 18.7. The average molecular weight is 428 g/mol. The first-order chi connectivity index (χ1) is 14.9. The standard InChI is InChI=1S/C25H34FN3O2/c1-17-21(18(2)28-27-17)15-20-14-19(8-9-24(20)31-3)16-29-12-10-25(30,11-13-29)22-6-4-5-7-23(22)26/h4-9,14,17-18,21,27-28,30H,10-13,15-16H2,1-3H3. The van der Waals surface area contributed by atoms with Crippen LogP contribution in [0.3, 0.4) is 0 Å². The van der Waals surface area contributed by atoms with Gasteiger partial charge in [-0.25, -0.2) is 4.39 Å². The van der Waals surface area contributed by atoms with E-state index in [1.807, 2.05) is 0 Å². The number of ether oxygens (including phenoxy) is 1. The first kappa shape index (κ1) is 22.2. The lowest BCUT2D eigenvalue weighted by Gasteiger charge is -2.38. The molecule has 3 N–H and O–H groups in total. The minimum Gasteiger partial charge on any atom is -0.496 e. The van der Waals surface area contributed by atoms with Crippen molar-refractivity contribution in [2.45, 2.75) is 57.3 Å². The highest BCUT2D eigenvalue weighted by Crippen LogP contribution is 2.35. The number of rotatable bonds is 6. The molecule has 0 aromatic heterocycles. The van der Waals surface area contributed by atoms with E-state index in [9.17, 15) is 9.50 Å². The Morgan fingerprint density at radius 1 is 1.10 bits per heavy atom. The van der Waals surface area contributed by atoms with E-state index in [2.05, 4.69) is 47.8 Å². The number of benzene rings is 2. The van der Waals surface area contributed by atoms with Crippen molar-refractivity contribution < 1.29 is 14.2 Å². The summed E-state index contributed by atoms with van der Waals surface area (Å²) in [5, 5.41) is 11.0. The number of nitrogens with one attached hydrogen (secondary N) is 2. The van der Waals surface area contributed by atoms with Crippen LogP contribution in [-0.4, -0.2) is 42.3 Å². The molecule has 2 aromatic rings. The smallest absolute Gasteiger partial charge is 0.129 e. The number of halogens is 1. The Morgan fingerprint density at radius 3 is 2.42 bits per heavy atom. The molecule has 6 heteroatoms. The number of hydrazine groups is 1. The molecule has 2 fully saturated rings. The van der Waals surface area contributed by atoms with Crippen LogP contribution in [-0.2, 0) is 18.6 Å². The fourth-order valence-electron chi connectivity index (χ4n) is 5.05. The molecule has 2 aromatic carbocycles. The van der Waals surface area contributed by atoms with Gasteiger partial charge in [0.2, 0.25) is 0 Å². The number of piperidine rings is 1. The first-order valence-corrected chi connectivity index (χ1v) is 11.3. The molecule has 2 atom stereocenters. The van der Waals surface area contributed by atoms with Crippen LogP contribution in [0.25, 0.3) is 0 Å². The Labute approximate surface area is 184 Å². The number of likely N-dealkylation sites (tertiary alicyclic amines) is 1. The molecular weight excluding hydrogens is 393 g/mol. The Kier molecular flexibility index (Phi) is 6.63. The number of aliphatic hydroxyl groups is 1. The third kappa shape index (κ3) is 4.77. The van der Waals surface area contributed by atoms with Crippen molar-refractivity contribution in [3.8, 4) is 5.75 Å². The van der Waals surface area contributed by atoms with Gasteiger partial charge in [0, 0.05) is 37.3 Å². The fourth-order valence-corrected chi connectivity index (χ4v) is 5.05. The highest BCUT2D eigenvalue weighted by molar-refractivity contribution is 5.38. The van der Waals surface area contributed by atoms with Crippen LogP contribution in [0.1, 0.15) is 43.4 Å². The summed E-state index contributed by atoms with van der Waals surface area (Å²) in [5.41, 5.74) is 8.48. The molecular formula is C25H34FN3O2. The summed E-state index contributed by atoms with van der Waals surface area (Å²) in [6.07, 6.45) is 2.02. The Bertz CT molecular complexity index is 888. The van der Waals surface area contributed by atoms with Gasteiger partial charge < -0.3 is 9.84 Å².